The number of aromatic carboxylic acids is 1. The lowest BCUT2D eigenvalue weighted by atomic mass is 10.1. The van der Waals surface area contributed by atoms with Crippen LogP contribution in [0.15, 0.2) is 41.0 Å². The van der Waals surface area contributed by atoms with Gasteiger partial charge in [0.2, 0.25) is 5.76 Å². The topological polar surface area (TPSA) is 70.7 Å². The lowest BCUT2D eigenvalue weighted by Gasteiger charge is -1.96. The standard InChI is InChI=1S/C11H8O4/c12-9-3-1-2-7(4-9)8-5-10(11(13)14)15-6-8/h1-6,12H,(H,13,14). The Bertz CT molecular complexity index is 499. The zero-order valence-electron chi connectivity index (χ0n) is 7.68. The number of carboxylic acids is 1. The Hall–Kier alpha value is -2.23. The smallest absolute Gasteiger partial charge is 0.371 e. The third-order valence-corrected chi connectivity index (χ3v) is 1.99. The first-order valence-electron chi connectivity index (χ1n) is 4.28. The molecule has 2 rings (SSSR count). The normalized spacial score (nSPS) is 10.1. The van der Waals surface area contributed by atoms with E-state index in [1.54, 1.807) is 18.2 Å². The highest BCUT2D eigenvalue weighted by atomic mass is 16.4. The van der Waals surface area contributed by atoms with Crippen molar-refractivity contribution in [2.45, 2.75) is 0 Å². The van der Waals surface area contributed by atoms with E-state index >= 15 is 0 Å². The fourth-order valence-electron chi connectivity index (χ4n) is 1.29. The predicted octanol–water partition coefficient (Wildman–Crippen LogP) is 2.35. The van der Waals surface area contributed by atoms with Crippen LogP contribution in [0.4, 0.5) is 0 Å². The molecule has 0 spiro atoms. The van der Waals surface area contributed by atoms with Gasteiger partial charge >= 0.3 is 5.97 Å². The molecule has 2 aromatic rings. The molecule has 1 aromatic heterocycles. The van der Waals surface area contributed by atoms with E-state index in [-0.39, 0.29) is 11.5 Å². The van der Waals surface area contributed by atoms with Crippen LogP contribution < -0.4 is 0 Å². The summed E-state index contributed by atoms with van der Waals surface area (Å²) in [5.74, 6) is -1.10. The quantitative estimate of drug-likeness (QED) is 0.787. The summed E-state index contributed by atoms with van der Waals surface area (Å²) in [6.45, 7) is 0. The molecule has 0 atom stereocenters. The maximum Gasteiger partial charge on any atom is 0.371 e. The fourth-order valence-corrected chi connectivity index (χ4v) is 1.29. The summed E-state index contributed by atoms with van der Waals surface area (Å²) in [4.78, 5) is 10.6. The number of phenols is 1. The van der Waals surface area contributed by atoms with Crippen LogP contribution in [0.3, 0.4) is 0 Å². The molecule has 15 heavy (non-hydrogen) atoms. The molecule has 1 aromatic carbocycles. The van der Waals surface area contributed by atoms with Crippen molar-refractivity contribution in [3.8, 4) is 16.9 Å². The van der Waals surface area contributed by atoms with Crippen molar-refractivity contribution in [2.24, 2.45) is 0 Å². The van der Waals surface area contributed by atoms with Crippen LogP contribution in [0.1, 0.15) is 10.6 Å². The Morgan fingerprint density at radius 1 is 1.20 bits per heavy atom. The maximum atomic E-state index is 10.6. The second-order valence-electron chi connectivity index (χ2n) is 3.06. The highest BCUT2D eigenvalue weighted by Gasteiger charge is 2.10. The Morgan fingerprint density at radius 3 is 2.60 bits per heavy atom. The molecule has 0 fully saturated rings. The van der Waals surface area contributed by atoms with Crippen LogP contribution in [0.25, 0.3) is 11.1 Å². The number of hydrogen-bond acceptors (Lipinski definition) is 3. The molecular weight excluding hydrogens is 196 g/mol. The minimum Gasteiger partial charge on any atom is -0.508 e. The van der Waals surface area contributed by atoms with Crippen molar-refractivity contribution >= 4 is 5.97 Å². The fraction of sp³-hybridized carbons (Fsp3) is 0. The summed E-state index contributed by atoms with van der Waals surface area (Å²) in [5, 5.41) is 17.9. The van der Waals surface area contributed by atoms with Crippen molar-refractivity contribution in [1.29, 1.82) is 0 Å². The van der Waals surface area contributed by atoms with Crippen LogP contribution in [-0.4, -0.2) is 16.2 Å². The number of rotatable bonds is 2. The molecule has 0 radical (unpaired) electrons. The van der Waals surface area contributed by atoms with E-state index in [1.807, 2.05) is 0 Å². The molecule has 0 saturated heterocycles. The third-order valence-electron chi connectivity index (χ3n) is 1.99. The largest absolute Gasteiger partial charge is 0.508 e. The molecular formula is C11H8O4. The van der Waals surface area contributed by atoms with E-state index in [0.717, 1.165) is 0 Å². The van der Waals surface area contributed by atoms with Gasteiger partial charge in [0.25, 0.3) is 0 Å². The van der Waals surface area contributed by atoms with E-state index in [4.69, 9.17) is 9.52 Å². The molecule has 1 heterocycles. The van der Waals surface area contributed by atoms with E-state index in [9.17, 15) is 9.90 Å². The van der Waals surface area contributed by atoms with E-state index < -0.39 is 5.97 Å². The molecule has 2 N–H and O–H groups in total. The summed E-state index contributed by atoms with van der Waals surface area (Å²) < 4.78 is 4.84. The number of hydrogen-bond donors (Lipinski definition) is 2. The molecule has 76 valence electrons. The Labute approximate surface area is 85.4 Å². The first kappa shape index (κ1) is 9.33. The minimum absolute atomic E-state index is 0.117. The van der Waals surface area contributed by atoms with Gasteiger partial charge in [0.15, 0.2) is 0 Å². The Balaban J connectivity index is 2.41. The average Bonchev–Trinajstić information content (AvgIpc) is 2.66. The molecule has 0 amide bonds. The third kappa shape index (κ3) is 1.83. The molecule has 0 saturated carbocycles. The lowest BCUT2D eigenvalue weighted by molar-refractivity contribution is 0.0662. The summed E-state index contributed by atoms with van der Waals surface area (Å²) in [5.41, 5.74) is 1.34. The second kappa shape index (κ2) is 3.49. The zero-order chi connectivity index (χ0) is 10.8. The molecule has 0 bridgehead atoms. The first-order valence-corrected chi connectivity index (χ1v) is 4.28. The molecule has 4 nitrogen and oxygen atoms in total. The number of phenolic OH excluding ortho intramolecular Hbond substituents is 1. The van der Waals surface area contributed by atoms with Gasteiger partial charge in [-0.05, 0) is 23.8 Å². The average molecular weight is 204 g/mol. The first-order chi connectivity index (χ1) is 7.16. The maximum absolute atomic E-state index is 10.6. The van der Waals surface area contributed by atoms with Gasteiger partial charge < -0.3 is 14.6 Å². The number of carboxylic acid groups (broad SMARTS) is 1. The van der Waals surface area contributed by atoms with Gasteiger partial charge in [-0.15, -0.1) is 0 Å². The van der Waals surface area contributed by atoms with Gasteiger partial charge in [-0.3, -0.25) is 0 Å². The summed E-state index contributed by atoms with van der Waals surface area (Å²) in [7, 11) is 0. The van der Waals surface area contributed by atoms with Gasteiger partial charge in [0, 0.05) is 5.56 Å². The SMILES string of the molecule is O=C(O)c1cc(-c2cccc(O)c2)co1. The van der Waals surface area contributed by atoms with E-state index in [2.05, 4.69) is 0 Å². The van der Waals surface area contributed by atoms with Gasteiger partial charge in [-0.25, -0.2) is 4.79 Å². The van der Waals surface area contributed by atoms with Gasteiger partial charge in [-0.2, -0.15) is 0 Å². The van der Waals surface area contributed by atoms with Gasteiger partial charge in [0.1, 0.15) is 5.75 Å². The van der Waals surface area contributed by atoms with E-state index in [0.29, 0.717) is 11.1 Å². The zero-order valence-corrected chi connectivity index (χ0v) is 7.68. The number of benzene rings is 1. The van der Waals surface area contributed by atoms with Crippen molar-refractivity contribution in [3.05, 3.63) is 42.4 Å². The molecule has 0 aliphatic carbocycles. The van der Waals surface area contributed by atoms with Gasteiger partial charge in [0.05, 0.1) is 6.26 Å². The lowest BCUT2D eigenvalue weighted by Crippen LogP contribution is -1.91. The predicted molar refractivity (Wildman–Crippen MR) is 52.8 cm³/mol. The molecule has 0 aliphatic rings. The second-order valence-corrected chi connectivity index (χ2v) is 3.06. The van der Waals surface area contributed by atoms with Gasteiger partial charge in [-0.1, -0.05) is 12.1 Å². The molecule has 0 unspecified atom stereocenters. The van der Waals surface area contributed by atoms with Crippen molar-refractivity contribution in [2.75, 3.05) is 0 Å². The Morgan fingerprint density at radius 2 is 2.00 bits per heavy atom. The highest BCUT2D eigenvalue weighted by molar-refractivity contribution is 5.86. The highest BCUT2D eigenvalue weighted by Crippen LogP contribution is 2.25. The summed E-state index contributed by atoms with van der Waals surface area (Å²) in [6, 6.07) is 7.93. The minimum atomic E-state index is -1.11. The number of carbonyl (C=O) groups is 1. The van der Waals surface area contributed by atoms with E-state index in [1.165, 1.54) is 18.4 Å². The molecule has 0 aliphatic heterocycles. The number of aromatic hydroxyl groups is 1. The number of furan rings is 1. The van der Waals surface area contributed by atoms with Crippen LogP contribution >= 0.6 is 0 Å². The summed E-state index contributed by atoms with van der Waals surface area (Å²) >= 11 is 0. The Kier molecular flexibility index (Phi) is 2.17. The van der Waals surface area contributed by atoms with Crippen molar-refractivity contribution in [1.82, 2.24) is 0 Å². The van der Waals surface area contributed by atoms with Crippen LogP contribution in [0.5, 0.6) is 5.75 Å². The van der Waals surface area contributed by atoms with Crippen LogP contribution in [0, 0.1) is 0 Å². The molecule has 4 heteroatoms. The van der Waals surface area contributed by atoms with Crippen LogP contribution in [-0.2, 0) is 0 Å². The monoisotopic (exact) mass is 204 g/mol. The van der Waals surface area contributed by atoms with Crippen molar-refractivity contribution < 1.29 is 19.4 Å². The summed E-state index contributed by atoms with van der Waals surface area (Å²) in [6.07, 6.45) is 1.35. The van der Waals surface area contributed by atoms with Crippen molar-refractivity contribution in [3.63, 3.8) is 0 Å². The van der Waals surface area contributed by atoms with Crippen LogP contribution in [0.2, 0.25) is 0 Å².